The minimum atomic E-state index is -0.773. The number of hydrogen-bond donors (Lipinski definition) is 1. The fourth-order valence-electron chi connectivity index (χ4n) is 1.00. The number of benzene rings is 1. The molecule has 1 amide bonds. The molecule has 0 saturated carbocycles. The van der Waals surface area contributed by atoms with E-state index in [1.807, 2.05) is 0 Å². The third-order valence-corrected chi connectivity index (χ3v) is 2.74. The largest absolute Gasteiger partial charge is 0.372 e. The van der Waals surface area contributed by atoms with Gasteiger partial charge in [-0.2, -0.15) is 0 Å². The molecule has 0 aliphatic rings. The summed E-state index contributed by atoms with van der Waals surface area (Å²) in [5, 5.41) is 2.30. The predicted octanol–water partition coefficient (Wildman–Crippen LogP) is 2.54. The summed E-state index contributed by atoms with van der Waals surface area (Å²) in [6.07, 6.45) is 0. The molecule has 0 unspecified atom stereocenters. The first-order chi connectivity index (χ1) is 7.56. The number of ether oxygens (including phenoxy) is 1. The van der Waals surface area contributed by atoms with E-state index in [1.54, 1.807) is 6.92 Å². The highest BCUT2D eigenvalue weighted by Gasteiger charge is 2.12. The van der Waals surface area contributed by atoms with Crippen LogP contribution in [-0.2, 0) is 9.53 Å². The lowest BCUT2D eigenvalue weighted by Crippen LogP contribution is -2.19. The molecule has 6 heteroatoms. The highest BCUT2D eigenvalue weighted by molar-refractivity contribution is 14.1. The van der Waals surface area contributed by atoms with Gasteiger partial charge in [0.1, 0.15) is 12.4 Å². The van der Waals surface area contributed by atoms with Crippen LogP contribution in [0.5, 0.6) is 0 Å². The van der Waals surface area contributed by atoms with E-state index in [9.17, 15) is 13.6 Å². The molecular weight excluding hydrogens is 331 g/mol. The fourth-order valence-corrected chi connectivity index (χ4v) is 1.47. The average molecular weight is 341 g/mol. The van der Waals surface area contributed by atoms with Gasteiger partial charge in [0.15, 0.2) is 5.82 Å². The molecule has 0 atom stereocenters. The monoisotopic (exact) mass is 341 g/mol. The van der Waals surface area contributed by atoms with E-state index in [-0.39, 0.29) is 15.9 Å². The fraction of sp³-hybridized carbons (Fsp3) is 0.300. The van der Waals surface area contributed by atoms with Gasteiger partial charge in [-0.05, 0) is 41.6 Å². The van der Waals surface area contributed by atoms with Crippen LogP contribution in [0.2, 0.25) is 0 Å². The lowest BCUT2D eigenvalue weighted by Gasteiger charge is -2.07. The summed E-state index contributed by atoms with van der Waals surface area (Å²) in [6.45, 7) is 2.00. The minimum Gasteiger partial charge on any atom is -0.372 e. The van der Waals surface area contributed by atoms with Crippen LogP contribution in [0.3, 0.4) is 0 Å². The molecule has 1 N–H and O–H groups in total. The quantitative estimate of drug-likeness (QED) is 0.675. The van der Waals surface area contributed by atoms with Gasteiger partial charge in [0, 0.05) is 6.61 Å². The van der Waals surface area contributed by atoms with Crippen LogP contribution in [0.4, 0.5) is 14.5 Å². The van der Waals surface area contributed by atoms with Crippen molar-refractivity contribution in [3.05, 3.63) is 27.3 Å². The van der Waals surface area contributed by atoms with Crippen molar-refractivity contribution in [2.75, 3.05) is 18.5 Å². The van der Waals surface area contributed by atoms with Gasteiger partial charge < -0.3 is 10.1 Å². The van der Waals surface area contributed by atoms with Crippen LogP contribution in [0.1, 0.15) is 6.92 Å². The van der Waals surface area contributed by atoms with E-state index < -0.39 is 17.5 Å². The molecule has 0 aliphatic heterocycles. The zero-order valence-electron chi connectivity index (χ0n) is 8.52. The first-order valence-electron chi connectivity index (χ1n) is 4.57. The molecule has 0 aromatic heterocycles. The average Bonchev–Trinajstić information content (AvgIpc) is 2.27. The summed E-state index contributed by atoms with van der Waals surface area (Å²) < 4.78 is 31.1. The number of rotatable bonds is 4. The molecule has 1 rings (SSSR count). The van der Waals surface area contributed by atoms with Crippen molar-refractivity contribution < 1.29 is 18.3 Å². The number of halogens is 3. The molecule has 0 aliphatic carbocycles. The van der Waals surface area contributed by atoms with Crippen LogP contribution >= 0.6 is 22.6 Å². The Hall–Kier alpha value is -0.760. The minimum absolute atomic E-state index is 0.0458. The van der Waals surface area contributed by atoms with Crippen molar-refractivity contribution in [2.45, 2.75) is 6.92 Å². The summed E-state index contributed by atoms with van der Waals surface area (Å²) in [5.41, 5.74) is -0.0458. The van der Waals surface area contributed by atoms with Crippen LogP contribution in [0.15, 0.2) is 12.1 Å². The van der Waals surface area contributed by atoms with Gasteiger partial charge in [0.05, 0.1) is 9.26 Å². The first kappa shape index (κ1) is 13.3. The molecule has 88 valence electrons. The van der Waals surface area contributed by atoms with Crippen molar-refractivity contribution in [2.24, 2.45) is 0 Å². The van der Waals surface area contributed by atoms with Crippen LogP contribution in [-0.4, -0.2) is 19.1 Å². The number of anilines is 1. The lowest BCUT2D eigenvalue weighted by molar-refractivity contribution is -0.120. The molecule has 0 radical (unpaired) electrons. The van der Waals surface area contributed by atoms with Crippen LogP contribution < -0.4 is 5.32 Å². The smallest absolute Gasteiger partial charge is 0.250 e. The molecular formula is C10H10F2INO2. The summed E-state index contributed by atoms with van der Waals surface area (Å²) >= 11 is 1.54. The maximum atomic E-state index is 13.4. The Morgan fingerprint density at radius 2 is 2.19 bits per heavy atom. The number of nitrogens with one attached hydrogen (secondary N) is 1. The van der Waals surface area contributed by atoms with Crippen molar-refractivity contribution in [1.29, 1.82) is 0 Å². The Balaban J connectivity index is 2.74. The number of hydrogen-bond acceptors (Lipinski definition) is 2. The second-order valence-corrected chi connectivity index (χ2v) is 3.99. The normalized spacial score (nSPS) is 10.2. The Bertz CT molecular complexity index is 399. The van der Waals surface area contributed by atoms with Gasteiger partial charge in [0.25, 0.3) is 0 Å². The SMILES string of the molecule is CCOCC(=O)Nc1ccc(F)c(I)c1F. The molecule has 0 spiro atoms. The standard InChI is InChI=1S/C10H10F2INO2/c1-2-16-5-8(15)14-7-4-3-6(11)10(13)9(7)12/h3-4H,2,5H2,1H3,(H,14,15). The van der Waals surface area contributed by atoms with Gasteiger partial charge in [-0.1, -0.05) is 0 Å². The van der Waals surface area contributed by atoms with E-state index in [1.165, 1.54) is 28.7 Å². The maximum Gasteiger partial charge on any atom is 0.250 e. The molecule has 1 aromatic carbocycles. The molecule has 0 bridgehead atoms. The van der Waals surface area contributed by atoms with Gasteiger partial charge >= 0.3 is 0 Å². The highest BCUT2D eigenvalue weighted by Crippen LogP contribution is 2.22. The Morgan fingerprint density at radius 3 is 2.81 bits per heavy atom. The third kappa shape index (κ3) is 3.38. The molecule has 16 heavy (non-hydrogen) atoms. The highest BCUT2D eigenvalue weighted by atomic mass is 127. The van der Waals surface area contributed by atoms with E-state index >= 15 is 0 Å². The summed E-state index contributed by atoms with van der Waals surface area (Å²) in [6, 6.07) is 2.28. The molecule has 0 fully saturated rings. The van der Waals surface area contributed by atoms with Crippen LogP contribution in [0.25, 0.3) is 0 Å². The van der Waals surface area contributed by atoms with Gasteiger partial charge in [0.2, 0.25) is 5.91 Å². The van der Waals surface area contributed by atoms with Gasteiger partial charge in [-0.15, -0.1) is 0 Å². The van der Waals surface area contributed by atoms with E-state index in [4.69, 9.17) is 4.74 Å². The molecule has 0 saturated heterocycles. The van der Waals surface area contributed by atoms with Gasteiger partial charge in [-0.25, -0.2) is 8.78 Å². The zero-order valence-corrected chi connectivity index (χ0v) is 10.7. The summed E-state index contributed by atoms with van der Waals surface area (Å²) in [4.78, 5) is 11.2. The Kier molecular flexibility index (Phi) is 5.07. The summed E-state index contributed by atoms with van der Waals surface area (Å²) in [5.74, 6) is -1.89. The van der Waals surface area contributed by atoms with Crippen LogP contribution in [0, 0.1) is 15.2 Å². The van der Waals surface area contributed by atoms with Gasteiger partial charge in [-0.3, -0.25) is 4.79 Å². The number of carbonyl (C=O) groups is 1. The van der Waals surface area contributed by atoms with E-state index in [0.717, 1.165) is 6.07 Å². The van der Waals surface area contributed by atoms with Crippen molar-refractivity contribution in [3.8, 4) is 0 Å². The molecule has 1 aromatic rings. The number of amides is 1. The number of carbonyl (C=O) groups excluding carboxylic acids is 1. The zero-order chi connectivity index (χ0) is 12.1. The van der Waals surface area contributed by atoms with Crippen molar-refractivity contribution in [1.82, 2.24) is 0 Å². The third-order valence-electron chi connectivity index (χ3n) is 1.75. The molecule has 0 heterocycles. The van der Waals surface area contributed by atoms with E-state index in [0.29, 0.717) is 6.61 Å². The Labute approximate surface area is 105 Å². The second kappa shape index (κ2) is 6.09. The lowest BCUT2D eigenvalue weighted by atomic mass is 10.3. The summed E-state index contributed by atoms with van der Waals surface area (Å²) in [7, 11) is 0. The van der Waals surface area contributed by atoms with E-state index in [2.05, 4.69) is 5.32 Å². The maximum absolute atomic E-state index is 13.4. The first-order valence-corrected chi connectivity index (χ1v) is 5.65. The second-order valence-electron chi connectivity index (χ2n) is 2.91. The topological polar surface area (TPSA) is 38.3 Å². The predicted molar refractivity (Wildman–Crippen MR) is 64.2 cm³/mol. The molecule has 3 nitrogen and oxygen atoms in total. The Morgan fingerprint density at radius 1 is 1.50 bits per heavy atom. The van der Waals surface area contributed by atoms with Crippen molar-refractivity contribution >= 4 is 34.2 Å². The van der Waals surface area contributed by atoms with Crippen molar-refractivity contribution in [3.63, 3.8) is 0 Å².